The van der Waals surface area contributed by atoms with Gasteiger partial charge in [0.25, 0.3) is 15.9 Å². The maximum absolute atomic E-state index is 13.6. The minimum atomic E-state index is -3.98. The van der Waals surface area contributed by atoms with E-state index in [1.807, 2.05) is 38.1 Å². The molecule has 0 bridgehead atoms. The van der Waals surface area contributed by atoms with Crippen molar-refractivity contribution in [2.24, 2.45) is 5.10 Å². The van der Waals surface area contributed by atoms with Gasteiger partial charge < -0.3 is 0 Å². The number of carbonyl (C=O) groups is 1. The number of nitrogens with zero attached hydrogens (tertiary/aromatic N) is 2. The zero-order valence-electron chi connectivity index (χ0n) is 20.2. The summed E-state index contributed by atoms with van der Waals surface area (Å²) in [6.07, 6.45) is 3.69. The lowest BCUT2D eigenvalue weighted by Gasteiger charge is -2.25. The first-order valence-electron chi connectivity index (χ1n) is 11.8. The SMILES string of the molecule is Cc1ccc(S(=O)(=O)N(CC(=O)N/N=C\c2ccc3c4c(cccc24)CC3)c2ccccc2C)cc1. The molecule has 0 heterocycles. The summed E-state index contributed by atoms with van der Waals surface area (Å²) in [4.78, 5) is 13.0. The Kier molecular flexibility index (Phi) is 6.33. The summed E-state index contributed by atoms with van der Waals surface area (Å²) in [6.45, 7) is 3.31. The summed E-state index contributed by atoms with van der Waals surface area (Å²) in [6, 6.07) is 24.1. The molecule has 1 aliphatic rings. The van der Waals surface area contributed by atoms with Gasteiger partial charge in [-0.2, -0.15) is 5.10 Å². The highest BCUT2D eigenvalue weighted by Gasteiger charge is 2.28. The summed E-state index contributed by atoms with van der Waals surface area (Å²) < 4.78 is 28.2. The number of anilines is 1. The Hall–Kier alpha value is -3.97. The molecule has 0 aliphatic heterocycles. The Labute approximate surface area is 211 Å². The number of hydrazone groups is 1. The molecule has 7 heteroatoms. The van der Waals surface area contributed by atoms with Crippen molar-refractivity contribution in [1.29, 1.82) is 0 Å². The van der Waals surface area contributed by atoms with Gasteiger partial charge in [0.15, 0.2) is 0 Å². The second-order valence-electron chi connectivity index (χ2n) is 9.06. The minimum Gasteiger partial charge on any atom is -0.271 e. The third kappa shape index (κ3) is 4.50. The predicted octanol–water partition coefficient (Wildman–Crippen LogP) is 4.90. The Morgan fingerprint density at radius 1 is 0.917 bits per heavy atom. The largest absolute Gasteiger partial charge is 0.271 e. The third-order valence-electron chi connectivity index (χ3n) is 6.58. The van der Waals surface area contributed by atoms with E-state index < -0.39 is 22.5 Å². The van der Waals surface area contributed by atoms with Crippen LogP contribution in [0.3, 0.4) is 0 Å². The topological polar surface area (TPSA) is 78.8 Å². The van der Waals surface area contributed by atoms with E-state index in [9.17, 15) is 13.2 Å². The molecular weight excluding hydrogens is 470 g/mol. The molecule has 0 fully saturated rings. The average molecular weight is 498 g/mol. The molecule has 182 valence electrons. The monoisotopic (exact) mass is 497 g/mol. The van der Waals surface area contributed by atoms with Gasteiger partial charge in [0.2, 0.25) is 0 Å². The van der Waals surface area contributed by atoms with Gasteiger partial charge >= 0.3 is 0 Å². The average Bonchev–Trinajstić information content (AvgIpc) is 3.29. The van der Waals surface area contributed by atoms with E-state index >= 15 is 0 Å². The first kappa shape index (κ1) is 23.8. The molecule has 0 saturated carbocycles. The van der Waals surface area contributed by atoms with Crippen LogP contribution in [0.2, 0.25) is 0 Å². The minimum absolute atomic E-state index is 0.125. The summed E-state index contributed by atoms with van der Waals surface area (Å²) in [5.41, 5.74) is 8.23. The summed E-state index contributed by atoms with van der Waals surface area (Å²) in [5, 5.41) is 6.53. The van der Waals surface area contributed by atoms with E-state index in [1.165, 1.54) is 16.5 Å². The van der Waals surface area contributed by atoms with Crippen LogP contribution >= 0.6 is 0 Å². The number of hydrogen-bond acceptors (Lipinski definition) is 4. The van der Waals surface area contributed by atoms with Crippen molar-refractivity contribution in [3.8, 4) is 0 Å². The number of aryl methyl sites for hydroxylation is 4. The lowest BCUT2D eigenvalue weighted by Crippen LogP contribution is -2.40. The smallest absolute Gasteiger partial charge is 0.264 e. The van der Waals surface area contributed by atoms with Gasteiger partial charge in [0, 0.05) is 5.56 Å². The zero-order chi connectivity index (χ0) is 25.3. The number of carbonyl (C=O) groups excluding carboxylic acids is 1. The third-order valence-corrected chi connectivity index (χ3v) is 8.36. The molecule has 0 unspecified atom stereocenters. The van der Waals surface area contributed by atoms with Gasteiger partial charge in [-0.25, -0.2) is 13.8 Å². The highest BCUT2D eigenvalue weighted by molar-refractivity contribution is 7.92. The summed E-state index contributed by atoms with van der Waals surface area (Å²) in [7, 11) is -3.98. The van der Waals surface area contributed by atoms with E-state index in [0.29, 0.717) is 5.69 Å². The molecule has 0 spiro atoms. The maximum atomic E-state index is 13.6. The van der Waals surface area contributed by atoms with Crippen molar-refractivity contribution >= 4 is 38.6 Å². The molecule has 5 rings (SSSR count). The second-order valence-corrected chi connectivity index (χ2v) is 10.9. The number of amides is 1. The molecule has 0 atom stereocenters. The van der Waals surface area contributed by atoms with E-state index in [-0.39, 0.29) is 4.90 Å². The van der Waals surface area contributed by atoms with E-state index in [0.717, 1.165) is 39.2 Å². The normalized spacial score (nSPS) is 12.8. The van der Waals surface area contributed by atoms with Crippen molar-refractivity contribution in [1.82, 2.24) is 5.43 Å². The van der Waals surface area contributed by atoms with Crippen LogP contribution < -0.4 is 9.73 Å². The molecule has 4 aromatic rings. The predicted molar refractivity (Wildman–Crippen MR) is 144 cm³/mol. The van der Waals surface area contributed by atoms with Gasteiger partial charge in [0.1, 0.15) is 6.54 Å². The molecule has 0 aromatic heterocycles. The van der Waals surface area contributed by atoms with Crippen molar-refractivity contribution in [2.75, 3.05) is 10.8 Å². The van der Waals surface area contributed by atoms with Crippen LogP contribution in [-0.2, 0) is 27.7 Å². The fourth-order valence-electron chi connectivity index (χ4n) is 4.70. The lowest BCUT2D eigenvalue weighted by molar-refractivity contribution is -0.119. The Bertz CT molecular complexity index is 1580. The summed E-state index contributed by atoms with van der Waals surface area (Å²) in [5.74, 6) is -0.531. The van der Waals surface area contributed by atoms with Crippen LogP contribution in [0.25, 0.3) is 10.8 Å². The molecule has 36 heavy (non-hydrogen) atoms. The number of hydrogen-bond donors (Lipinski definition) is 1. The Morgan fingerprint density at radius 2 is 1.64 bits per heavy atom. The Balaban J connectivity index is 1.40. The molecule has 0 saturated heterocycles. The highest BCUT2D eigenvalue weighted by atomic mass is 32.2. The summed E-state index contributed by atoms with van der Waals surface area (Å²) >= 11 is 0. The first-order valence-corrected chi connectivity index (χ1v) is 13.3. The second kappa shape index (κ2) is 9.59. The lowest BCUT2D eigenvalue weighted by atomic mass is 10.0. The molecule has 6 nitrogen and oxygen atoms in total. The van der Waals surface area contributed by atoms with Gasteiger partial charge in [-0.15, -0.1) is 0 Å². The van der Waals surface area contributed by atoms with Crippen molar-refractivity contribution in [3.63, 3.8) is 0 Å². The first-order chi connectivity index (χ1) is 17.3. The van der Waals surface area contributed by atoms with Crippen LogP contribution in [0.15, 0.2) is 88.9 Å². The molecule has 4 aromatic carbocycles. The molecular formula is C29H27N3O3S. The van der Waals surface area contributed by atoms with Gasteiger partial charge in [0.05, 0.1) is 16.8 Å². The number of rotatable bonds is 7. The van der Waals surface area contributed by atoms with Crippen LogP contribution in [-0.4, -0.2) is 27.1 Å². The van der Waals surface area contributed by atoms with Gasteiger partial charge in [-0.3, -0.25) is 9.10 Å². The van der Waals surface area contributed by atoms with E-state index in [2.05, 4.69) is 28.7 Å². The van der Waals surface area contributed by atoms with Crippen LogP contribution in [0.1, 0.15) is 27.8 Å². The van der Waals surface area contributed by atoms with Gasteiger partial charge in [-0.05, 0) is 72.4 Å². The number of sulfonamides is 1. The standard InChI is InChI=1S/C29H27N3O3S/c1-20-10-16-25(17-11-20)36(34,35)32(27-9-4-3-6-21(27)2)19-28(33)31-30-18-24-15-14-23-13-12-22-7-5-8-26(24)29(22)23/h3-11,14-18H,12-13,19H2,1-2H3,(H,31,33)/b30-18-. The number of benzene rings is 4. The van der Waals surface area contributed by atoms with E-state index in [1.54, 1.807) is 42.6 Å². The van der Waals surface area contributed by atoms with E-state index in [4.69, 9.17) is 0 Å². The Morgan fingerprint density at radius 3 is 2.39 bits per heavy atom. The van der Waals surface area contributed by atoms with Crippen LogP contribution in [0, 0.1) is 13.8 Å². The van der Waals surface area contributed by atoms with Crippen molar-refractivity contribution in [2.45, 2.75) is 31.6 Å². The fraction of sp³-hybridized carbons (Fsp3) is 0.172. The quantitative estimate of drug-likeness (QED) is 0.291. The van der Waals surface area contributed by atoms with Crippen LogP contribution in [0.4, 0.5) is 5.69 Å². The highest BCUT2D eigenvalue weighted by Crippen LogP contribution is 2.32. The molecule has 1 aliphatic carbocycles. The number of nitrogens with one attached hydrogen (secondary N) is 1. The molecule has 0 radical (unpaired) electrons. The molecule has 1 N–H and O–H groups in total. The number of para-hydroxylation sites is 1. The van der Waals surface area contributed by atoms with Crippen molar-refractivity contribution < 1.29 is 13.2 Å². The fourth-order valence-corrected chi connectivity index (χ4v) is 6.19. The van der Waals surface area contributed by atoms with Crippen LogP contribution in [0.5, 0.6) is 0 Å². The van der Waals surface area contributed by atoms with Crippen molar-refractivity contribution in [3.05, 3.63) is 107 Å². The van der Waals surface area contributed by atoms with Gasteiger partial charge in [-0.1, -0.05) is 66.2 Å². The maximum Gasteiger partial charge on any atom is 0.264 e. The zero-order valence-corrected chi connectivity index (χ0v) is 21.0. The molecule has 1 amide bonds.